The number of nitrogens with one attached hydrogen (secondary N) is 1. The summed E-state index contributed by atoms with van der Waals surface area (Å²) in [4.78, 5) is 12.0. The Balaban J connectivity index is 1.55. The Morgan fingerprint density at radius 2 is 1.83 bits per heavy atom. The molecule has 0 spiro atoms. The van der Waals surface area contributed by atoms with Gasteiger partial charge in [-0.3, -0.25) is 4.79 Å². The molecule has 0 aliphatic carbocycles. The first-order chi connectivity index (χ1) is 11.3. The number of benzene rings is 2. The summed E-state index contributed by atoms with van der Waals surface area (Å²) in [5.74, 6) is 2.25. The Kier molecular flexibility index (Phi) is 4.52. The number of hydrogen-bond donors (Lipinski definition) is 1. The summed E-state index contributed by atoms with van der Waals surface area (Å²) in [5.41, 5.74) is 0.570. The van der Waals surface area contributed by atoms with E-state index in [0.717, 1.165) is 5.75 Å². The van der Waals surface area contributed by atoms with Crippen LogP contribution in [-0.2, 0) is 4.79 Å². The van der Waals surface area contributed by atoms with Gasteiger partial charge in [0.25, 0.3) is 5.91 Å². The number of carbonyl (C=O) groups is 1. The van der Waals surface area contributed by atoms with Crippen molar-refractivity contribution in [1.82, 2.24) is 0 Å². The second-order valence-corrected chi connectivity index (χ2v) is 4.78. The number of anilines is 1. The van der Waals surface area contributed by atoms with Gasteiger partial charge in [-0.1, -0.05) is 6.07 Å². The fourth-order valence-electron chi connectivity index (χ4n) is 2.16. The molecular weight excluding hydrogens is 298 g/mol. The minimum atomic E-state index is -0.275. The van der Waals surface area contributed by atoms with Crippen molar-refractivity contribution in [2.24, 2.45) is 0 Å². The van der Waals surface area contributed by atoms with E-state index in [1.165, 1.54) is 0 Å². The summed E-state index contributed by atoms with van der Waals surface area (Å²) in [6.45, 7) is 2.59. The number of para-hydroxylation sites is 1. The first-order valence-electron chi connectivity index (χ1n) is 7.30. The van der Waals surface area contributed by atoms with Crippen LogP contribution in [0.25, 0.3) is 0 Å². The van der Waals surface area contributed by atoms with Gasteiger partial charge in [-0.25, -0.2) is 0 Å². The van der Waals surface area contributed by atoms with Crippen LogP contribution in [0, 0.1) is 0 Å². The van der Waals surface area contributed by atoms with E-state index >= 15 is 0 Å². The lowest BCUT2D eigenvalue weighted by Gasteiger charge is -2.10. The average molecular weight is 315 g/mol. The zero-order valence-corrected chi connectivity index (χ0v) is 12.7. The van der Waals surface area contributed by atoms with Crippen LogP contribution < -0.4 is 24.3 Å². The molecular formula is C17H17NO5. The van der Waals surface area contributed by atoms with Gasteiger partial charge < -0.3 is 24.3 Å². The first kappa shape index (κ1) is 15.0. The molecule has 0 fully saturated rings. The number of fused-ring (bicyclic) bond motifs is 1. The highest BCUT2D eigenvalue weighted by atomic mass is 16.7. The van der Waals surface area contributed by atoms with Crippen LogP contribution in [0.3, 0.4) is 0 Å². The molecule has 23 heavy (non-hydrogen) atoms. The summed E-state index contributed by atoms with van der Waals surface area (Å²) >= 11 is 0. The molecule has 0 aromatic heterocycles. The van der Waals surface area contributed by atoms with Crippen LogP contribution in [0.5, 0.6) is 23.0 Å². The molecule has 1 N–H and O–H groups in total. The van der Waals surface area contributed by atoms with E-state index in [-0.39, 0.29) is 19.3 Å². The van der Waals surface area contributed by atoms with Crippen molar-refractivity contribution in [2.75, 3.05) is 25.3 Å². The van der Waals surface area contributed by atoms with E-state index in [1.54, 1.807) is 42.5 Å². The zero-order chi connectivity index (χ0) is 16.1. The van der Waals surface area contributed by atoms with E-state index in [0.29, 0.717) is 29.5 Å². The van der Waals surface area contributed by atoms with Crippen LogP contribution >= 0.6 is 0 Å². The lowest BCUT2D eigenvalue weighted by molar-refractivity contribution is -0.118. The lowest BCUT2D eigenvalue weighted by Crippen LogP contribution is -2.20. The Morgan fingerprint density at radius 3 is 2.57 bits per heavy atom. The van der Waals surface area contributed by atoms with Crippen LogP contribution in [0.1, 0.15) is 6.92 Å². The van der Waals surface area contributed by atoms with Crippen molar-refractivity contribution in [3.8, 4) is 23.0 Å². The van der Waals surface area contributed by atoms with E-state index in [4.69, 9.17) is 18.9 Å². The SMILES string of the molecule is CCOc1ccc(OCC(=O)Nc2cccc3c2OCO3)cc1. The number of hydrogen-bond acceptors (Lipinski definition) is 5. The maximum atomic E-state index is 12.0. The van der Waals surface area contributed by atoms with Gasteiger partial charge in [0, 0.05) is 0 Å². The van der Waals surface area contributed by atoms with Crippen LogP contribution in [0.2, 0.25) is 0 Å². The molecule has 120 valence electrons. The van der Waals surface area contributed by atoms with E-state index < -0.39 is 0 Å². The van der Waals surface area contributed by atoms with Gasteiger partial charge >= 0.3 is 0 Å². The van der Waals surface area contributed by atoms with Gasteiger partial charge in [0.1, 0.15) is 11.5 Å². The molecule has 0 saturated carbocycles. The van der Waals surface area contributed by atoms with Crippen LogP contribution in [-0.4, -0.2) is 25.9 Å². The molecule has 2 aromatic rings. The predicted molar refractivity (Wildman–Crippen MR) is 84.3 cm³/mol. The van der Waals surface area contributed by atoms with Crippen molar-refractivity contribution in [2.45, 2.75) is 6.92 Å². The topological polar surface area (TPSA) is 66.0 Å². The maximum absolute atomic E-state index is 12.0. The summed E-state index contributed by atoms with van der Waals surface area (Å²) in [7, 11) is 0. The van der Waals surface area contributed by atoms with Crippen molar-refractivity contribution in [3.63, 3.8) is 0 Å². The number of amides is 1. The van der Waals surface area contributed by atoms with Gasteiger partial charge in [-0.15, -0.1) is 0 Å². The highest BCUT2D eigenvalue weighted by molar-refractivity contribution is 5.94. The molecule has 0 unspecified atom stereocenters. The third-order valence-electron chi connectivity index (χ3n) is 3.18. The number of carbonyl (C=O) groups excluding carboxylic acids is 1. The number of ether oxygens (including phenoxy) is 4. The smallest absolute Gasteiger partial charge is 0.262 e. The molecule has 1 amide bonds. The summed E-state index contributed by atoms with van der Waals surface area (Å²) in [5, 5.41) is 2.75. The van der Waals surface area contributed by atoms with Gasteiger partial charge in [0.2, 0.25) is 6.79 Å². The van der Waals surface area contributed by atoms with Crippen molar-refractivity contribution >= 4 is 11.6 Å². The second-order valence-electron chi connectivity index (χ2n) is 4.78. The maximum Gasteiger partial charge on any atom is 0.262 e. The molecule has 1 aliphatic heterocycles. The molecule has 1 heterocycles. The van der Waals surface area contributed by atoms with Gasteiger partial charge in [0.05, 0.1) is 12.3 Å². The van der Waals surface area contributed by atoms with Crippen LogP contribution in [0.4, 0.5) is 5.69 Å². The molecule has 6 heteroatoms. The Labute approximate surface area is 133 Å². The normalized spacial score (nSPS) is 11.9. The second kappa shape index (κ2) is 6.91. The molecule has 0 saturated heterocycles. The Morgan fingerprint density at radius 1 is 1.09 bits per heavy atom. The number of rotatable bonds is 6. The molecule has 6 nitrogen and oxygen atoms in total. The zero-order valence-electron chi connectivity index (χ0n) is 12.7. The van der Waals surface area contributed by atoms with Crippen molar-refractivity contribution < 1.29 is 23.7 Å². The minimum Gasteiger partial charge on any atom is -0.494 e. The highest BCUT2D eigenvalue weighted by Crippen LogP contribution is 2.38. The van der Waals surface area contributed by atoms with Gasteiger partial charge in [-0.05, 0) is 43.3 Å². The van der Waals surface area contributed by atoms with E-state index in [9.17, 15) is 4.79 Å². The average Bonchev–Trinajstić information content (AvgIpc) is 3.04. The fourth-order valence-corrected chi connectivity index (χ4v) is 2.16. The fraction of sp³-hybridized carbons (Fsp3) is 0.235. The van der Waals surface area contributed by atoms with Crippen LogP contribution in [0.15, 0.2) is 42.5 Å². The summed E-state index contributed by atoms with van der Waals surface area (Å²) in [6, 6.07) is 12.4. The largest absolute Gasteiger partial charge is 0.494 e. The Hall–Kier alpha value is -2.89. The van der Waals surface area contributed by atoms with Gasteiger partial charge in [0.15, 0.2) is 18.1 Å². The lowest BCUT2D eigenvalue weighted by atomic mass is 10.2. The molecule has 0 atom stereocenters. The molecule has 1 aliphatic rings. The predicted octanol–water partition coefficient (Wildman–Crippen LogP) is 2.83. The van der Waals surface area contributed by atoms with Gasteiger partial charge in [-0.2, -0.15) is 0 Å². The molecule has 0 bridgehead atoms. The first-order valence-corrected chi connectivity index (χ1v) is 7.30. The Bertz CT molecular complexity index is 684. The third kappa shape index (κ3) is 3.66. The minimum absolute atomic E-state index is 0.0987. The summed E-state index contributed by atoms with van der Waals surface area (Å²) < 4.78 is 21.4. The monoisotopic (exact) mass is 315 g/mol. The highest BCUT2D eigenvalue weighted by Gasteiger charge is 2.18. The van der Waals surface area contributed by atoms with Crippen molar-refractivity contribution in [1.29, 1.82) is 0 Å². The quantitative estimate of drug-likeness (QED) is 0.888. The molecule has 3 rings (SSSR count). The standard InChI is InChI=1S/C17H17NO5/c1-2-20-12-6-8-13(9-7-12)21-10-16(19)18-14-4-3-5-15-17(14)23-11-22-15/h3-9H,2,10-11H2,1H3,(H,18,19). The van der Waals surface area contributed by atoms with E-state index in [2.05, 4.69) is 5.32 Å². The third-order valence-corrected chi connectivity index (χ3v) is 3.18. The molecule has 0 radical (unpaired) electrons. The van der Waals surface area contributed by atoms with E-state index in [1.807, 2.05) is 6.92 Å². The van der Waals surface area contributed by atoms with Crippen molar-refractivity contribution in [3.05, 3.63) is 42.5 Å². The summed E-state index contributed by atoms with van der Waals surface area (Å²) in [6.07, 6.45) is 0. The molecule has 2 aromatic carbocycles.